The number of alkyl halides is 3. The number of thioether (sulfide) groups is 1. The van der Waals surface area contributed by atoms with Crippen LogP contribution in [0.5, 0.6) is 0 Å². The van der Waals surface area contributed by atoms with E-state index in [0.717, 1.165) is 0 Å². The van der Waals surface area contributed by atoms with Crippen molar-refractivity contribution in [1.82, 2.24) is 9.55 Å². The van der Waals surface area contributed by atoms with Crippen LogP contribution in [0, 0.1) is 0 Å². The number of aliphatic hydroxyl groups excluding tert-OH is 1. The van der Waals surface area contributed by atoms with E-state index in [1.165, 1.54) is 22.5 Å². The lowest BCUT2D eigenvalue weighted by Crippen LogP contribution is -2.19. The summed E-state index contributed by atoms with van der Waals surface area (Å²) in [6.07, 6.45) is -2.87. The summed E-state index contributed by atoms with van der Waals surface area (Å²) in [5.41, 5.74) is 1.12. The highest BCUT2D eigenvalue weighted by Gasteiger charge is 2.30. The predicted molar refractivity (Wildman–Crippen MR) is 82.3 cm³/mol. The van der Waals surface area contributed by atoms with Gasteiger partial charge in [-0.25, -0.2) is 4.98 Å². The van der Waals surface area contributed by atoms with Gasteiger partial charge in [0.05, 0.1) is 31.7 Å². The number of imidazole rings is 1. The summed E-state index contributed by atoms with van der Waals surface area (Å²) in [4.78, 5) is 4.12. The van der Waals surface area contributed by atoms with E-state index in [-0.39, 0.29) is 13.2 Å². The highest BCUT2D eigenvalue weighted by molar-refractivity contribution is 7.99. The van der Waals surface area contributed by atoms with Crippen LogP contribution in [0.15, 0.2) is 41.7 Å². The normalized spacial score (nSPS) is 11.8. The molecule has 0 atom stereocenters. The zero-order valence-corrected chi connectivity index (χ0v) is 13.1. The van der Waals surface area contributed by atoms with Crippen LogP contribution in [0.4, 0.5) is 13.2 Å². The number of aromatic nitrogens is 2. The van der Waals surface area contributed by atoms with Gasteiger partial charge in [-0.3, -0.25) is 0 Å². The fourth-order valence-corrected chi connectivity index (χ4v) is 2.83. The van der Waals surface area contributed by atoms with Crippen molar-refractivity contribution in [2.75, 3.05) is 25.6 Å². The second-order valence-electron chi connectivity index (χ2n) is 4.68. The Hall–Kier alpha value is -1.51. The second kappa shape index (κ2) is 8.37. The first kappa shape index (κ1) is 17.8. The Kier molecular flexibility index (Phi) is 6.49. The first-order valence-electron chi connectivity index (χ1n) is 7.00. The first-order valence-corrected chi connectivity index (χ1v) is 7.99. The molecule has 0 aliphatic carbocycles. The SMILES string of the molecule is OCCOCCSc1ncc(-c2ccccc2)n1CC(F)(F)F. The maximum Gasteiger partial charge on any atom is 0.406 e. The highest BCUT2D eigenvalue weighted by atomic mass is 32.2. The number of hydrogen-bond donors (Lipinski definition) is 1. The van der Waals surface area contributed by atoms with Crippen LogP contribution in [-0.2, 0) is 11.3 Å². The number of rotatable bonds is 8. The van der Waals surface area contributed by atoms with Gasteiger partial charge in [-0.05, 0) is 5.56 Å². The molecule has 23 heavy (non-hydrogen) atoms. The largest absolute Gasteiger partial charge is 0.406 e. The van der Waals surface area contributed by atoms with Crippen molar-refractivity contribution in [2.24, 2.45) is 0 Å². The minimum absolute atomic E-state index is 0.0779. The molecule has 1 aromatic heterocycles. The van der Waals surface area contributed by atoms with Gasteiger partial charge in [0.25, 0.3) is 0 Å². The molecule has 0 aliphatic rings. The number of benzene rings is 1. The number of nitrogens with zero attached hydrogens (tertiary/aromatic N) is 2. The van der Waals surface area contributed by atoms with Crippen LogP contribution >= 0.6 is 11.8 Å². The van der Waals surface area contributed by atoms with E-state index in [9.17, 15) is 13.2 Å². The molecule has 1 heterocycles. The van der Waals surface area contributed by atoms with E-state index in [1.807, 2.05) is 6.07 Å². The third-order valence-electron chi connectivity index (χ3n) is 2.92. The Morgan fingerprint density at radius 3 is 2.57 bits per heavy atom. The summed E-state index contributed by atoms with van der Waals surface area (Å²) in [6.45, 7) is -0.611. The monoisotopic (exact) mass is 346 g/mol. The van der Waals surface area contributed by atoms with Crippen LogP contribution in [-0.4, -0.2) is 46.4 Å². The fourth-order valence-electron chi connectivity index (χ4n) is 2.00. The molecule has 126 valence electrons. The molecule has 0 unspecified atom stereocenters. The molecule has 1 aromatic carbocycles. The predicted octanol–water partition coefficient (Wildman–Crippen LogP) is 3.21. The van der Waals surface area contributed by atoms with E-state index in [4.69, 9.17) is 9.84 Å². The fraction of sp³-hybridized carbons (Fsp3) is 0.400. The Morgan fingerprint density at radius 1 is 1.17 bits per heavy atom. The molecule has 0 fully saturated rings. The molecule has 1 N–H and O–H groups in total. The van der Waals surface area contributed by atoms with Gasteiger partial charge in [0.15, 0.2) is 5.16 Å². The molecule has 0 aliphatic heterocycles. The molecule has 8 heteroatoms. The molecule has 0 saturated carbocycles. The number of ether oxygens (including phenoxy) is 1. The molecule has 0 radical (unpaired) electrons. The molecule has 2 aromatic rings. The van der Waals surface area contributed by atoms with Gasteiger partial charge in [0.1, 0.15) is 6.54 Å². The standard InChI is InChI=1S/C15H17F3N2O2S/c16-15(17,18)11-20-13(12-4-2-1-3-5-12)10-19-14(20)23-9-8-22-7-6-21/h1-5,10,21H,6-9,11H2. The Bertz CT molecular complexity index is 603. The van der Waals surface area contributed by atoms with Gasteiger partial charge in [-0.2, -0.15) is 13.2 Å². The molecule has 0 amide bonds. The van der Waals surface area contributed by atoms with Crippen molar-refractivity contribution in [3.05, 3.63) is 36.5 Å². The summed E-state index contributed by atoms with van der Waals surface area (Å²) >= 11 is 1.20. The molecular weight excluding hydrogens is 329 g/mol. The number of aliphatic hydroxyl groups is 1. The third-order valence-corrected chi connectivity index (χ3v) is 3.88. The molecule has 0 bridgehead atoms. The topological polar surface area (TPSA) is 47.3 Å². The average Bonchev–Trinajstić information content (AvgIpc) is 2.89. The Labute approximate surface area is 136 Å². The Balaban J connectivity index is 2.16. The van der Waals surface area contributed by atoms with Gasteiger partial charge in [0, 0.05) is 5.75 Å². The van der Waals surface area contributed by atoms with Crippen molar-refractivity contribution in [3.8, 4) is 11.3 Å². The molecule has 0 saturated heterocycles. The van der Waals surface area contributed by atoms with Crippen molar-refractivity contribution in [3.63, 3.8) is 0 Å². The smallest absolute Gasteiger partial charge is 0.394 e. The Morgan fingerprint density at radius 2 is 1.91 bits per heavy atom. The summed E-state index contributed by atoms with van der Waals surface area (Å²) < 4.78 is 44.9. The van der Waals surface area contributed by atoms with Crippen LogP contribution in [0.1, 0.15) is 0 Å². The maximum absolute atomic E-state index is 12.9. The lowest BCUT2D eigenvalue weighted by Gasteiger charge is -2.14. The van der Waals surface area contributed by atoms with E-state index < -0.39 is 12.7 Å². The van der Waals surface area contributed by atoms with Crippen molar-refractivity contribution in [2.45, 2.75) is 17.9 Å². The van der Waals surface area contributed by atoms with Crippen molar-refractivity contribution < 1.29 is 23.0 Å². The molecule has 2 rings (SSSR count). The summed E-state index contributed by atoms with van der Waals surface area (Å²) in [5.74, 6) is 0.461. The van der Waals surface area contributed by atoms with E-state index in [2.05, 4.69) is 4.98 Å². The number of halogens is 3. The number of hydrogen-bond acceptors (Lipinski definition) is 4. The van der Waals surface area contributed by atoms with E-state index in [0.29, 0.717) is 28.8 Å². The summed E-state index contributed by atoms with van der Waals surface area (Å²) in [5, 5.41) is 8.91. The summed E-state index contributed by atoms with van der Waals surface area (Å²) in [6, 6.07) is 8.86. The average molecular weight is 346 g/mol. The lowest BCUT2D eigenvalue weighted by molar-refractivity contribution is -0.141. The minimum Gasteiger partial charge on any atom is -0.394 e. The van der Waals surface area contributed by atoms with Crippen molar-refractivity contribution >= 4 is 11.8 Å². The third kappa shape index (κ3) is 5.56. The van der Waals surface area contributed by atoms with Gasteiger partial charge in [0.2, 0.25) is 0 Å². The van der Waals surface area contributed by atoms with Gasteiger partial charge in [-0.15, -0.1) is 0 Å². The van der Waals surface area contributed by atoms with Gasteiger partial charge >= 0.3 is 6.18 Å². The van der Waals surface area contributed by atoms with Crippen LogP contribution in [0.2, 0.25) is 0 Å². The molecular formula is C15H17F3N2O2S. The van der Waals surface area contributed by atoms with Gasteiger partial charge < -0.3 is 14.4 Å². The first-order chi connectivity index (χ1) is 11.0. The van der Waals surface area contributed by atoms with Crippen LogP contribution < -0.4 is 0 Å². The minimum atomic E-state index is -4.33. The molecule has 4 nitrogen and oxygen atoms in total. The molecule has 0 spiro atoms. The van der Waals surface area contributed by atoms with E-state index >= 15 is 0 Å². The highest BCUT2D eigenvalue weighted by Crippen LogP contribution is 2.29. The zero-order valence-electron chi connectivity index (χ0n) is 12.3. The lowest BCUT2D eigenvalue weighted by atomic mass is 10.2. The quantitative estimate of drug-likeness (QED) is 0.589. The van der Waals surface area contributed by atoms with E-state index in [1.54, 1.807) is 24.3 Å². The van der Waals surface area contributed by atoms with Gasteiger partial charge in [-0.1, -0.05) is 42.1 Å². The van der Waals surface area contributed by atoms with Crippen LogP contribution in [0.3, 0.4) is 0 Å². The van der Waals surface area contributed by atoms with Crippen molar-refractivity contribution in [1.29, 1.82) is 0 Å². The maximum atomic E-state index is 12.9. The second-order valence-corrected chi connectivity index (χ2v) is 5.74. The van der Waals surface area contributed by atoms with Crippen LogP contribution in [0.25, 0.3) is 11.3 Å². The zero-order chi connectivity index (χ0) is 16.7. The summed E-state index contributed by atoms with van der Waals surface area (Å²) in [7, 11) is 0.